The topological polar surface area (TPSA) is 24.5 Å². The smallest absolute Gasteiger partial charge is 0.0609 e. The lowest BCUT2D eigenvalue weighted by molar-refractivity contribution is -0.127. The molecule has 3 atom stereocenters. The predicted octanol–water partition coefficient (Wildman–Crippen LogP) is 3.57. The number of hydrogen-bond acceptors (Lipinski definition) is 3. The van der Waals surface area contributed by atoms with Gasteiger partial charge in [0.1, 0.15) is 0 Å². The first kappa shape index (κ1) is 15.2. The van der Waals surface area contributed by atoms with E-state index >= 15 is 0 Å². The maximum atomic E-state index is 5.90. The van der Waals surface area contributed by atoms with Gasteiger partial charge in [0, 0.05) is 30.8 Å². The summed E-state index contributed by atoms with van der Waals surface area (Å²) in [5.74, 6) is 1.77. The van der Waals surface area contributed by atoms with Crippen molar-refractivity contribution in [3.8, 4) is 0 Å². The number of ether oxygens (including phenoxy) is 1. The Hall–Kier alpha value is -1.06. The molecule has 4 aliphatic rings. The van der Waals surface area contributed by atoms with Crippen molar-refractivity contribution in [1.82, 2.24) is 4.90 Å². The summed E-state index contributed by atoms with van der Waals surface area (Å²) >= 11 is 0. The highest BCUT2D eigenvalue weighted by molar-refractivity contribution is 5.61. The van der Waals surface area contributed by atoms with Crippen LogP contribution in [0.2, 0.25) is 0 Å². The van der Waals surface area contributed by atoms with Crippen LogP contribution >= 0.6 is 0 Å². The number of hydrogen-bond donors (Lipinski definition) is 1. The van der Waals surface area contributed by atoms with E-state index in [1.54, 1.807) is 5.56 Å². The minimum Gasteiger partial charge on any atom is -0.384 e. The van der Waals surface area contributed by atoms with Crippen molar-refractivity contribution >= 4 is 5.69 Å². The molecule has 0 aromatic heterocycles. The standard InChI is InChI=1S/C21H30N2O/c1-15-4-5-19-18(11-15)21(14-22-19)6-8-23(9-7-21)13-16-12-20-17(16)3-2-10-24-20/h4-5,11,16-17,20,22H,2-3,6-10,12-14H2,1H3. The summed E-state index contributed by atoms with van der Waals surface area (Å²) in [6, 6.07) is 6.95. The van der Waals surface area contributed by atoms with Crippen molar-refractivity contribution in [2.75, 3.05) is 38.1 Å². The highest BCUT2D eigenvalue weighted by Gasteiger charge is 2.46. The first-order valence-corrected chi connectivity index (χ1v) is 9.92. The maximum Gasteiger partial charge on any atom is 0.0609 e. The van der Waals surface area contributed by atoms with Crippen molar-refractivity contribution in [3.63, 3.8) is 0 Å². The molecule has 1 aromatic rings. The zero-order valence-corrected chi connectivity index (χ0v) is 14.9. The largest absolute Gasteiger partial charge is 0.384 e. The number of likely N-dealkylation sites (tertiary alicyclic amines) is 1. The lowest BCUT2D eigenvalue weighted by atomic mass is 9.67. The van der Waals surface area contributed by atoms with Crippen LogP contribution in [0.15, 0.2) is 18.2 Å². The van der Waals surface area contributed by atoms with Crippen molar-refractivity contribution in [2.24, 2.45) is 11.8 Å². The Labute approximate surface area is 145 Å². The van der Waals surface area contributed by atoms with E-state index in [1.165, 1.54) is 63.0 Å². The van der Waals surface area contributed by atoms with Crippen LogP contribution in [0.4, 0.5) is 5.69 Å². The summed E-state index contributed by atoms with van der Waals surface area (Å²) in [7, 11) is 0. The normalized spacial score (nSPS) is 34.3. The number of anilines is 1. The van der Waals surface area contributed by atoms with Gasteiger partial charge < -0.3 is 15.0 Å². The van der Waals surface area contributed by atoms with E-state index in [0.29, 0.717) is 11.5 Å². The fraction of sp³-hybridized carbons (Fsp3) is 0.714. The van der Waals surface area contributed by atoms with Crippen LogP contribution < -0.4 is 5.32 Å². The fourth-order valence-corrected chi connectivity index (χ4v) is 5.68. The Balaban J connectivity index is 1.22. The monoisotopic (exact) mass is 326 g/mol. The third-order valence-corrected chi connectivity index (χ3v) is 7.30. The summed E-state index contributed by atoms with van der Waals surface area (Å²) in [6.07, 6.45) is 7.23. The minimum atomic E-state index is 0.397. The summed E-state index contributed by atoms with van der Waals surface area (Å²) in [5.41, 5.74) is 4.77. The van der Waals surface area contributed by atoms with Gasteiger partial charge in [0.05, 0.1) is 6.10 Å². The first-order chi connectivity index (χ1) is 11.7. The van der Waals surface area contributed by atoms with E-state index in [-0.39, 0.29) is 0 Å². The van der Waals surface area contributed by atoms with Crippen LogP contribution in [0.1, 0.15) is 43.2 Å². The Morgan fingerprint density at radius 2 is 2.17 bits per heavy atom. The quantitative estimate of drug-likeness (QED) is 0.899. The second-order valence-corrected chi connectivity index (χ2v) is 8.69. The van der Waals surface area contributed by atoms with Crippen molar-refractivity contribution < 1.29 is 4.74 Å². The van der Waals surface area contributed by atoms with E-state index in [0.717, 1.165) is 25.0 Å². The molecular formula is C21H30N2O. The molecule has 3 heterocycles. The van der Waals surface area contributed by atoms with Gasteiger partial charge in [0.15, 0.2) is 0 Å². The van der Waals surface area contributed by atoms with Gasteiger partial charge in [-0.3, -0.25) is 0 Å². The maximum absolute atomic E-state index is 5.90. The molecule has 5 rings (SSSR count). The van der Waals surface area contributed by atoms with Gasteiger partial charge in [0.25, 0.3) is 0 Å². The van der Waals surface area contributed by atoms with Crippen LogP contribution in [0.25, 0.3) is 0 Å². The van der Waals surface area contributed by atoms with Crippen LogP contribution in [-0.4, -0.2) is 43.8 Å². The third kappa shape index (κ3) is 2.40. The molecular weight excluding hydrogens is 296 g/mol. The minimum absolute atomic E-state index is 0.397. The Morgan fingerprint density at radius 1 is 1.29 bits per heavy atom. The highest BCUT2D eigenvalue weighted by Crippen LogP contribution is 2.46. The SMILES string of the molecule is Cc1ccc2c(c1)C1(CCN(CC3CC4OCCCC34)CC1)CN2. The van der Waals surface area contributed by atoms with Crippen LogP contribution in [-0.2, 0) is 10.2 Å². The second kappa shape index (κ2) is 5.74. The molecule has 130 valence electrons. The molecule has 3 aliphatic heterocycles. The molecule has 3 unspecified atom stereocenters. The van der Waals surface area contributed by atoms with Crippen molar-refractivity contribution in [2.45, 2.75) is 50.5 Å². The van der Waals surface area contributed by atoms with Gasteiger partial charge in [0.2, 0.25) is 0 Å². The number of nitrogens with one attached hydrogen (secondary N) is 1. The molecule has 1 N–H and O–H groups in total. The van der Waals surface area contributed by atoms with E-state index in [9.17, 15) is 0 Å². The molecule has 2 saturated heterocycles. The third-order valence-electron chi connectivity index (χ3n) is 7.30. The molecule has 3 nitrogen and oxygen atoms in total. The predicted molar refractivity (Wildman–Crippen MR) is 97.6 cm³/mol. The first-order valence-electron chi connectivity index (χ1n) is 9.92. The molecule has 3 heteroatoms. The number of piperidine rings is 1. The molecule has 0 radical (unpaired) electrons. The highest BCUT2D eigenvalue weighted by atomic mass is 16.5. The van der Waals surface area contributed by atoms with Gasteiger partial charge in [-0.2, -0.15) is 0 Å². The molecule has 0 amide bonds. The van der Waals surface area contributed by atoms with Gasteiger partial charge in [-0.1, -0.05) is 17.7 Å². The zero-order chi connectivity index (χ0) is 16.1. The average Bonchev–Trinajstić information content (AvgIpc) is 2.92. The molecule has 1 aromatic carbocycles. The van der Waals surface area contributed by atoms with Gasteiger partial charge in [-0.25, -0.2) is 0 Å². The fourth-order valence-electron chi connectivity index (χ4n) is 5.68. The molecule has 1 aliphatic carbocycles. The summed E-state index contributed by atoms with van der Waals surface area (Å²) < 4.78 is 5.90. The summed E-state index contributed by atoms with van der Waals surface area (Å²) in [4.78, 5) is 2.74. The summed E-state index contributed by atoms with van der Waals surface area (Å²) in [5, 5.41) is 3.67. The van der Waals surface area contributed by atoms with E-state index in [4.69, 9.17) is 4.74 Å². The number of nitrogens with zero attached hydrogens (tertiary/aromatic N) is 1. The zero-order valence-electron chi connectivity index (χ0n) is 14.9. The van der Waals surface area contributed by atoms with Crippen LogP contribution in [0, 0.1) is 18.8 Å². The van der Waals surface area contributed by atoms with Crippen molar-refractivity contribution in [1.29, 1.82) is 0 Å². The van der Waals surface area contributed by atoms with E-state index in [1.807, 2.05) is 0 Å². The molecule has 0 bridgehead atoms. The number of aryl methyl sites for hydroxylation is 1. The van der Waals surface area contributed by atoms with Gasteiger partial charge >= 0.3 is 0 Å². The average molecular weight is 326 g/mol. The van der Waals surface area contributed by atoms with Gasteiger partial charge in [-0.05, 0) is 75.6 Å². The van der Waals surface area contributed by atoms with Crippen molar-refractivity contribution in [3.05, 3.63) is 29.3 Å². The Bertz CT molecular complexity index is 620. The van der Waals surface area contributed by atoms with E-state index < -0.39 is 0 Å². The Kier molecular flexibility index (Phi) is 3.64. The summed E-state index contributed by atoms with van der Waals surface area (Å²) in [6.45, 7) is 8.22. The van der Waals surface area contributed by atoms with Crippen LogP contribution in [0.3, 0.4) is 0 Å². The molecule has 24 heavy (non-hydrogen) atoms. The molecule has 3 fully saturated rings. The lowest BCUT2D eigenvalue weighted by Gasteiger charge is -2.50. The lowest BCUT2D eigenvalue weighted by Crippen LogP contribution is -2.52. The van der Waals surface area contributed by atoms with E-state index in [2.05, 4.69) is 35.3 Å². The number of benzene rings is 1. The number of fused-ring (bicyclic) bond motifs is 3. The second-order valence-electron chi connectivity index (χ2n) is 8.69. The number of rotatable bonds is 2. The molecule has 1 spiro atoms. The Morgan fingerprint density at radius 3 is 3.00 bits per heavy atom. The van der Waals surface area contributed by atoms with Gasteiger partial charge in [-0.15, -0.1) is 0 Å². The van der Waals surface area contributed by atoms with Crippen LogP contribution in [0.5, 0.6) is 0 Å². The molecule has 1 saturated carbocycles.